The lowest BCUT2D eigenvalue weighted by molar-refractivity contribution is -0.0252. The highest BCUT2D eigenvalue weighted by molar-refractivity contribution is 5.94. The van der Waals surface area contributed by atoms with Crippen LogP contribution in [0.15, 0.2) is 24.3 Å². The van der Waals surface area contributed by atoms with Gasteiger partial charge in [-0.2, -0.15) is 0 Å². The van der Waals surface area contributed by atoms with Crippen molar-refractivity contribution >= 4 is 5.91 Å². The van der Waals surface area contributed by atoms with E-state index in [-0.39, 0.29) is 11.7 Å². The molecule has 1 amide bonds. The van der Waals surface area contributed by atoms with Gasteiger partial charge in [-0.05, 0) is 43.5 Å². The van der Waals surface area contributed by atoms with Gasteiger partial charge in [0.05, 0.1) is 5.60 Å². The van der Waals surface area contributed by atoms with Crippen molar-refractivity contribution in [2.75, 3.05) is 32.7 Å². The Kier molecular flexibility index (Phi) is 5.51. The van der Waals surface area contributed by atoms with Crippen LogP contribution in [0.1, 0.15) is 48.9 Å². The molecule has 0 spiro atoms. The van der Waals surface area contributed by atoms with Crippen LogP contribution in [0.2, 0.25) is 0 Å². The Hall–Kier alpha value is -1.46. The maximum absolute atomic E-state index is 13.0. The Morgan fingerprint density at radius 2 is 1.71 bits per heavy atom. The minimum absolute atomic E-state index is 0.0340. The van der Waals surface area contributed by atoms with Gasteiger partial charge >= 0.3 is 0 Å². The highest BCUT2D eigenvalue weighted by atomic mass is 19.1. The third-order valence-corrected chi connectivity index (χ3v) is 5.27. The van der Waals surface area contributed by atoms with Crippen molar-refractivity contribution in [3.8, 4) is 0 Å². The fraction of sp³-hybridized carbons (Fsp3) is 0.632. The number of amides is 1. The molecule has 0 atom stereocenters. The predicted octanol–water partition coefficient (Wildman–Crippen LogP) is 2.67. The molecule has 2 fully saturated rings. The summed E-state index contributed by atoms with van der Waals surface area (Å²) in [7, 11) is 0. The van der Waals surface area contributed by atoms with E-state index in [1.165, 1.54) is 18.6 Å². The largest absolute Gasteiger partial charge is 0.389 e. The first-order chi connectivity index (χ1) is 11.6. The topological polar surface area (TPSA) is 43.8 Å². The first-order valence-electron chi connectivity index (χ1n) is 9.05. The molecule has 0 bridgehead atoms. The maximum Gasteiger partial charge on any atom is 0.253 e. The number of carbonyl (C=O) groups excluding carboxylic acids is 1. The van der Waals surface area contributed by atoms with Crippen LogP contribution in [0, 0.1) is 5.82 Å². The van der Waals surface area contributed by atoms with Gasteiger partial charge in [-0.3, -0.25) is 9.69 Å². The molecular weight excluding hydrogens is 307 g/mol. The zero-order valence-electron chi connectivity index (χ0n) is 14.2. The van der Waals surface area contributed by atoms with E-state index in [0.717, 1.165) is 45.2 Å². The van der Waals surface area contributed by atoms with E-state index in [1.54, 1.807) is 12.1 Å². The van der Waals surface area contributed by atoms with Gasteiger partial charge in [-0.15, -0.1) is 0 Å². The Bertz CT molecular complexity index is 555. The van der Waals surface area contributed by atoms with Gasteiger partial charge in [-0.1, -0.05) is 19.3 Å². The maximum atomic E-state index is 13.0. The number of benzene rings is 1. The average Bonchev–Trinajstić information content (AvgIpc) is 2.81. The van der Waals surface area contributed by atoms with Crippen LogP contribution in [0.25, 0.3) is 0 Å². The lowest BCUT2D eigenvalue weighted by Crippen LogP contribution is -2.45. The number of nitrogens with zero attached hydrogens (tertiary/aromatic N) is 2. The minimum Gasteiger partial charge on any atom is -0.389 e. The molecule has 1 aromatic rings. The van der Waals surface area contributed by atoms with Crippen LogP contribution < -0.4 is 0 Å². The SMILES string of the molecule is O=C(c1ccc(F)cc1)N1CCCN(CC2(O)CCCCC2)CC1. The van der Waals surface area contributed by atoms with Crippen LogP contribution in [0.3, 0.4) is 0 Å². The molecule has 0 radical (unpaired) electrons. The molecular formula is C19H27FN2O2. The summed E-state index contributed by atoms with van der Waals surface area (Å²) >= 11 is 0. The number of aliphatic hydroxyl groups is 1. The van der Waals surface area contributed by atoms with Gasteiger partial charge < -0.3 is 10.0 Å². The molecule has 1 heterocycles. The second-order valence-corrected chi connectivity index (χ2v) is 7.21. The van der Waals surface area contributed by atoms with E-state index in [0.29, 0.717) is 25.2 Å². The van der Waals surface area contributed by atoms with Crippen LogP contribution in [0.5, 0.6) is 0 Å². The van der Waals surface area contributed by atoms with Crippen LogP contribution in [0.4, 0.5) is 4.39 Å². The fourth-order valence-electron chi connectivity index (χ4n) is 3.89. The first kappa shape index (κ1) is 17.4. The highest BCUT2D eigenvalue weighted by Crippen LogP contribution is 2.29. The summed E-state index contributed by atoms with van der Waals surface area (Å²) in [6.07, 6.45) is 6.13. The third-order valence-electron chi connectivity index (χ3n) is 5.27. The molecule has 1 N–H and O–H groups in total. The number of β-amino-alcohol motifs (C(OH)–C–C–N with tert-alkyl or cyclic N) is 1. The van der Waals surface area contributed by atoms with E-state index < -0.39 is 5.60 Å². The number of hydrogen-bond acceptors (Lipinski definition) is 3. The summed E-state index contributed by atoms with van der Waals surface area (Å²) in [6.45, 7) is 3.79. The molecule has 1 aromatic carbocycles. The van der Waals surface area contributed by atoms with Gasteiger partial charge in [0.15, 0.2) is 0 Å². The zero-order chi connectivity index (χ0) is 17.0. The van der Waals surface area contributed by atoms with Gasteiger partial charge in [-0.25, -0.2) is 4.39 Å². The lowest BCUT2D eigenvalue weighted by Gasteiger charge is -2.36. The fourth-order valence-corrected chi connectivity index (χ4v) is 3.89. The summed E-state index contributed by atoms with van der Waals surface area (Å²) in [6, 6.07) is 5.75. The number of hydrogen-bond donors (Lipinski definition) is 1. The van der Waals surface area contributed by atoms with E-state index in [1.807, 2.05) is 4.90 Å². The smallest absolute Gasteiger partial charge is 0.253 e. The van der Waals surface area contributed by atoms with Gasteiger partial charge in [0.2, 0.25) is 0 Å². The molecule has 1 saturated carbocycles. The molecule has 1 aliphatic carbocycles. The standard InChI is InChI=1S/C19H27FN2O2/c20-17-7-5-16(6-8-17)18(23)22-12-4-11-21(13-14-22)15-19(24)9-2-1-3-10-19/h5-8,24H,1-4,9-15H2. The van der Waals surface area contributed by atoms with E-state index in [2.05, 4.69) is 4.90 Å². The molecule has 0 unspecified atom stereocenters. The third kappa shape index (κ3) is 4.33. The number of halogens is 1. The molecule has 1 aliphatic heterocycles. The second-order valence-electron chi connectivity index (χ2n) is 7.21. The zero-order valence-corrected chi connectivity index (χ0v) is 14.2. The summed E-state index contributed by atoms with van der Waals surface area (Å²) in [4.78, 5) is 16.7. The Balaban J connectivity index is 1.56. The molecule has 2 aliphatic rings. The van der Waals surface area contributed by atoms with Crippen molar-refractivity contribution < 1.29 is 14.3 Å². The molecule has 132 valence electrons. The predicted molar refractivity (Wildman–Crippen MR) is 91.4 cm³/mol. The quantitative estimate of drug-likeness (QED) is 0.924. The monoisotopic (exact) mass is 334 g/mol. The van der Waals surface area contributed by atoms with E-state index in [4.69, 9.17) is 0 Å². The van der Waals surface area contributed by atoms with Crippen LogP contribution >= 0.6 is 0 Å². The van der Waals surface area contributed by atoms with Gasteiger partial charge in [0.25, 0.3) is 5.91 Å². The van der Waals surface area contributed by atoms with E-state index in [9.17, 15) is 14.3 Å². The van der Waals surface area contributed by atoms with Crippen molar-refractivity contribution in [2.24, 2.45) is 0 Å². The van der Waals surface area contributed by atoms with Gasteiger partial charge in [0.1, 0.15) is 5.82 Å². The van der Waals surface area contributed by atoms with Crippen molar-refractivity contribution in [2.45, 2.75) is 44.1 Å². The summed E-state index contributed by atoms with van der Waals surface area (Å²) < 4.78 is 13.0. The molecule has 24 heavy (non-hydrogen) atoms. The minimum atomic E-state index is -0.547. The molecule has 0 aromatic heterocycles. The molecule has 5 heteroatoms. The van der Waals surface area contributed by atoms with Crippen molar-refractivity contribution in [3.63, 3.8) is 0 Å². The van der Waals surface area contributed by atoms with Crippen molar-refractivity contribution in [1.29, 1.82) is 0 Å². The van der Waals surface area contributed by atoms with Crippen LogP contribution in [-0.2, 0) is 0 Å². The summed E-state index contributed by atoms with van der Waals surface area (Å²) in [5.74, 6) is -0.359. The van der Waals surface area contributed by atoms with Crippen molar-refractivity contribution in [3.05, 3.63) is 35.6 Å². The number of carbonyl (C=O) groups is 1. The normalized spacial score (nSPS) is 22.2. The lowest BCUT2D eigenvalue weighted by atomic mass is 9.84. The average molecular weight is 334 g/mol. The van der Waals surface area contributed by atoms with Gasteiger partial charge in [0, 0.05) is 38.3 Å². The number of rotatable bonds is 3. The Morgan fingerprint density at radius 1 is 1.00 bits per heavy atom. The Morgan fingerprint density at radius 3 is 2.42 bits per heavy atom. The summed E-state index contributed by atoms with van der Waals surface area (Å²) in [5, 5.41) is 10.7. The van der Waals surface area contributed by atoms with Crippen LogP contribution in [-0.4, -0.2) is 59.1 Å². The summed E-state index contributed by atoms with van der Waals surface area (Å²) in [5.41, 5.74) is -0.00950. The first-order valence-corrected chi connectivity index (χ1v) is 9.05. The Labute approximate surface area is 143 Å². The molecule has 4 nitrogen and oxygen atoms in total. The van der Waals surface area contributed by atoms with E-state index >= 15 is 0 Å². The molecule has 3 rings (SSSR count). The molecule has 1 saturated heterocycles. The second kappa shape index (κ2) is 7.62. The highest BCUT2D eigenvalue weighted by Gasteiger charge is 2.32. The van der Waals surface area contributed by atoms with Crippen molar-refractivity contribution in [1.82, 2.24) is 9.80 Å².